The number of hydrogen-bond acceptors (Lipinski definition) is 6. The summed E-state index contributed by atoms with van der Waals surface area (Å²) in [5, 5.41) is 12.0. The smallest absolute Gasteiger partial charge is 0.343 e. The number of halogens is 2. The Morgan fingerprint density at radius 2 is 2.08 bits per heavy atom. The topological polar surface area (TPSA) is 102 Å². The highest BCUT2D eigenvalue weighted by Crippen LogP contribution is 2.47. The molecule has 6 rings (SSSR count). The normalized spacial score (nSPS) is 21.1. The number of aromatic nitrogens is 2. The van der Waals surface area contributed by atoms with Crippen LogP contribution in [0.3, 0.4) is 0 Å². The van der Waals surface area contributed by atoms with Gasteiger partial charge in [-0.25, -0.2) is 14.2 Å². The number of nitrogens with zero attached hydrogens (tertiary/aromatic N) is 3. The Kier molecular flexibility index (Phi) is 5.91. The molecule has 1 aliphatic carbocycles. The maximum Gasteiger partial charge on any atom is 0.343 e. The number of aryl methyl sites for hydroxylation is 1. The first-order valence-corrected chi connectivity index (χ1v) is 14.3. The second kappa shape index (κ2) is 8.84. The van der Waals surface area contributed by atoms with Gasteiger partial charge in [-0.05, 0) is 48.9 Å². The van der Waals surface area contributed by atoms with Gasteiger partial charge < -0.3 is 19.3 Å². The fraction of sp³-hybridized carbons (Fsp3) is 0.429. The monoisotopic (exact) mass is 631 g/mol. The third-order valence-electron chi connectivity index (χ3n) is 8.45. The molecule has 10 heteroatoms. The highest BCUT2D eigenvalue weighted by molar-refractivity contribution is 14.1. The van der Waals surface area contributed by atoms with E-state index in [2.05, 4.69) is 22.6 Å². The summed E-state index contributed by atoms with van der Waals surface area (Å²) in [4.78, 5) is 45.7. The molecule has 38 heavy (non-hydrogen) atoms. The van der Waals surface area contributed by atoms with Crippen molar-refractivity contribution in [2.75, 3.05) is 11.0 Å². The van der Waals surface area contributed by atoms with E-state index < -0.39 is 11.6 Å². The van der Waals surface area contributed by atoms with E-state index in [-0.39, 0.29) is 54.0 Å². The highest BCUT2D eigenvalue weighted by atomic mass is 127. The minimum absolute atomic E-state index is 0.0422. The summed E-state index contributed by atoms with van der Waals surface area (Å²) in [6, 6.07) is 2.85. The Hall–Kier alpha value is -2.86. The zero-order valence-corrected chi connectivity index (χ0v) is 23.5. The molecule has 0 fully saturated rings. The maximum atomic E-state index is 15.0. The standard InChI is InChI=1S/C28H27FIN3O5/c1-4-28(37)18-9-22-25-16(11-33(22)26(35)17(18)12-38-27(28)36)24-21(32(8-7-30)14(3)34)6-5-15-13(2)19(29)10-20(31-25)23(15)24/h9-10,21,37H,4-8,11-12H2,1-3H3/t21-,28-/m0/s1. The van der Waals surface area contributed by atoms with E-state index in [9.17, 15) is 19.5 Å². The molecule has 3 aliphatic rings. The predicted octanol–water partition coefficient (Wildman–Crippen LogP) is 3.80. The van der Waals surface area contributed by atoms with Crippen molar-refractivity contribution in [1.82, 2.24) is 14.5 Å². The van der Waals surface area contributed by atoms with Gasteiger partial charge in [-0.2, -0.15) is 0 Å². The second-order valence-electron chi connectivity index (χ2n) is 10.3. The first-order valence-electron chi connectivity index (χ1n) is 12.8. The first-order chi connectivity index (χ1) is 18.1. The third kappa shape index (κ3) is 3.35. The van der Waals surface area contributed by atoms with Gasteiger partial charge in [-0.1, -0.05) is 29.5 Å². The SMILES string of the molecule is CC[C@@]1(O)C(=O)OCc2c1cc1n(c2=O)Cc2c-1nc1cc(F)c(C)c3c1c2[C@@H](N(CCI)C(C)=O)CC3. The van der Waals surface area contributed by atoms with Gasteiger partial charge >= 0.3 is 5.97 Å². The van der Waals surface area contributed by atoms with Gasteiger partial charge in [-0.3, -0.25) is 9.59 Å². The molecular formula is C28H27FIN3O5. The molecule has 0 radical (unpaired) electrons. The molecule has 1 amide bonds. The van der Waals surface area contributed by atoms with Crippen molar-refractivity contribution in [3.05, 3.63) is 61.7 Å². The molecule has 2 aromatic heterocycles. The zero-order chi connectivity index (χ0) is 27.1. The number of rotatable bonds is 4. The summed E-state index contributed by atoms with van der Waals surface area (Å²) in [7, 11) is 0. The van der Waals surface area contributed by atoms with Gasteiger partial charge in [0.1, 0.15) is 12.4 Å². The van der Waals surface area contributed by atoms with Crippen LogP contribution in [0.5, 0.6) is 0 Å². The number of ether oxygens (including phenoxy) is 1. The number of fused-ring (bicyclic) bond motifs is 5. The second-order valence-corrected chi connectivity index (χ2v) is 11.3. The van der Waals surface area contributed by atoms with Gasteiger partial charge in [0.25, 0.3) is 5.56 Å². The summed E-state index contributed by atoms with van der Waals surface area (Å²) in [5.41, 5.74) is 2.87. The van der Waals surface area contributed by atoms with Crippen LogP contribution in [0.4, 0.5) is 4.39 Å². The lowest BCUT2D eigenvalue weighted by atomic mass is 9.81. The van der Waals surface area contributed by atoms with Gasteiger partial charge in [0.05, 0.1) is 35.1 Å². The molecule has 1 aromatic carbocycles. The molecule has 4 heterocycles. The molecule has 2 aliphatic heterocycles. The molecule has 0 saturated carbocycles. The minimum atomic E-state index is -1.93. The average molecular weight is 631 g/mol. The number of esters is 1. The predicted molar refractivity (Wildman–Crippen MR) is 147 cm³/mol. The molecule has 8 nitrogen and oxygen atoms in total. The summed E-state index contributed by atoms with van der Waals surface area (Å²) in [5.74, 6) is -1.17. The number of aliphatic hydroxyl groups is 1. The van der Waals surface area contributed by atoms with Crippen LogP contribution in [-0.4, -0.2) is 42.4 Å². The van der Waals surface area contributed by atoms with Crippen LogP contribution < -0.4 is 5.56 Å². The molecule has 0 bridgehead atoms. The number of pyridine rings is 2. The van der Waals surface area contributed by atoms with Crippen molar-refractivity contribution in [3.8, 4) is 11.4 Å². The number of cyclic esters (lactones) is 1. The van der Waals surface area contributed by atoms with Crippen molar-refractivity contribution in [1.29, 1.82) is 0 Å². The Morgan fingerprint density at radius 3 is 2.76 bits per heavy atom. The van der Waals surface area contributed by atoms with Gasteiger partial charge in [-0.15, -0.1) is 0 Å². The maximum absolute atomic E-state index is 15.0. The minimum Gasteiger partial charge on any atom is -0.458 e. The van der Waals surface area contributed by atoms with Crippen molar-refractivity contribution in [3.63, 3.8) is 0 Å². The fourth-order valence-corrected chi connectivity index (χ4v) is 6.99. The van der Waals surface area contributed by atoms with E-state index in [1.54, 1.807) is 31.4 Å². The fourth-order valence-electron chi connectivity index (χ4n) is 6.47. The largest absolute Gasteiger partial charge is 0.458 e. The molecule has 1 N–H and O–H groups in total. The van der Waals surface area contributed by atoms with Gasteiger partial charge in [0.2, 0.25) is 5.91 Å². The molecular weight excluding hydrogens is 604 g/mol. The van der Waals surface area contributed by atoms with Crippen LogP contribution in [-0.2, 0) is 39.5 Å². The van der Waals surface area contributed by atoms with E-state index in [1.165, 1.54) is 6.07 Å². The van der Waals surface area contributed by atoms with E-state index in [4.69, 9.17) is 9.72 Å². The number of alkyl halides is 1. The number of amides is 1. The highest BCUT2D eigenvalue weighted by Gasteiger charge is 2.46. The van der Waals surface area contributed by atoms with E-state index >= 15 is 4.39 Å². The van der Waals surface area contributed by atoms with Crippen LogP contribution >= 0.6 is 22.6 Å². The van der Waals surface area contributed by atoms with Crippen molar-refractivity contribution in [2.45, 2.75) is 64.8 Å². The molecule has 3 aromatic rings. The Bertz CT molecular complexity index is 1630. The third-order valence-corrected chi connectivity index (χ3v) is 8.94. The van der Waals surface area contributed by atoms with Gasteiger partial charge in [0.15, 0.2) is 5.60 Å². The lowest BCUT2D eigenvalue weighted by Gasteiger charge is -2.36. The zero-order valence-electron chi connectivity index (χ0n) is 21.4. The number of hydrogen-bond donors (Lipinski definition) is 1. The van der Waals surface area contributed by atoms with Crippen LogP contribution in [0.25, 0.3) is 22.3 Å². The molecule has 198 valence electrons. The quantitative estimate of drug-likeness (QED) is 0.209. The Morgan fingerprint density at radius 1 is 1.32 bits per heavy atom. The van der Waals surface area contributed by atoms with E-state index in [1.807, 2.05) is 4.90 Å². The number of benzene rings is 1. The van der Waals surface area contributed by atoms with Crippen molar-refractivity contribution >= 4 is 45.4 Å². The Labute approximate surface area is 231 Å². The summed E-state index contributed by atoms with van der Waals surface area (Å²) < 4.78 is 22.6. The lowest BCUT2D eigenvalue weighted by molar-refractivity contribution is -0.172. The van der Waals surface area contributed by atoms with Crippen LogP contribution in [0, 0.1) is 12.7 Å². The van der Waals surface area contributed by atoms with Crippen LogP contribution in [0.1, 0.15) is 66.1 Å². The van der Waals surface area contributed by atoms with Gasteiger partial charge in [0, 0.05) is 40.5 Å². The molecule has 0 saturated heterocycles. The summed E-state index contributed by atoms with van der Waals surface area (Å²) in [6.45, 7) is 5.58. The summed E-state index contributed by atoms with van der Waals surface area (Å²) in [6.07, 6.45) is 1.30. The van der Waals surface area contributed by atoms with E-state index in [0.717, 1.165) is 26.5 Å². The van der Waals surface area contributed by atoms with Crippen molar-refractivity contribution < 1.29 is 23.8 Å². The average Bonchev–Trinajstić information content (AvgIpc) is 3.27. The molecule has 0 spiro atoms. The lowest BCUT2D eigenvalue weighted by Crippen LogP contribution is -2.44. The van der Waals surface area contributed by atoms with Crippen LogP contribution in [0.2, 0.25) is 0 Å². The summed E-state index contributed by atoms with van der Waals surface area (Å²) >= 11 is 2.26. The molecule has 2 atom stereocenters. The molecule has 0 unspecified atom stereocenters. The van der Waals surface area contributed by atoms with Crippen LogP contribution in [0.15, 0.2) is 16.9 Å². The number of carbonyl (C=O) groups excluding carboxylic acids is 2. The number of carbonyl (C=O) groups is 2. The van der Waals surface area contributed by atoms with Crippen molar-refractivity contribution in [2.24, 2.45) is 0 Å². The first kappa shape index (κ1) is 25.4. The Balaban J connectivity index is 1.68. The van der Waals surface area contributed by atoms with E-state index in [0.29, 0.717) is 41.9 Å².